The van der Waals surface area contributed by atoms with Crippen molar-refractivity contribution in [1.82, 2.24) is 5.32 Å². The molecule has 0 spiro atoms. The summed E-state index contributed by atoms with van der Waals surface area (Å²) in [6.07, 6.45) is 1.98. The predicted octanol–water partition coefficient (Wildman–Crippen LogP) is 1.50. The largest absolute Gasteiger partial charge is 0.465 e. The van der Waals surface area contributed by atoms with E-state index in [4.69, 9.17) is 4.74 Å². The molecule has 0 atom stereocenters. The first-order valence-corrected chi connectivity index (χ1v) is 4.67. The van der Waals surface area contributed by atoms with E-state index in [1.165, 1.54) is 0 Å². The van der Waals surface area contributed by atoms with Gasteiger partial charge in [0.1, 0.15) is 0 Å². The number of rotatable bonds is 7. The van der Waals surface area contributed by atoms with Crippen LogP contribution in [-0.2, 0) is 9.53 Å². The van der Waals surface area contributed by atoms with Gasteiger partial charge in [0.15, 0.2) is 0 Å². The second-order valence-corrected chi connectivity index (χ2v) is 3.13. The standard InChI is InChI=1S/C10H19NO2/c1-4-5-6-13-10(12)8-11-7-9(2)3/h11H,2,4-8H2,1,3H3. The summed E-state index contributed by atoms with van der Waals surface area (Å²) in [7, 11) is 0. The van der Waals surface area contributed by atoms with E-state index in [2.05, 4.69) is 18.8 Å². The van der Waals surface area contributed by atoms with Crippen molar-refractivity contribution in [3.63, 3.8) is 0 Å². The van der Waals surface area contributed by atoms with Crippen LogP contribution in [0.15, 0.2) is 12.2 Å². The van der Waals surface area contributed by atoms with E-state index in [1.807, 2.05) is 6.92 Å². The van der Waals surface area contributed by atoms with E-state index < -0.39 is 0 Å². The highest BCUT2D eigenvalue weighted by Crippen LogP contribution is 1.88. The summed E-state index contributed by atoms with van der Waals surface area (Å²) in [4.78, 5) is 11.0. The van der Waals surface area contributed by atoms with Crippen molar-refractivity contribution in [2.45, 2.75) is 26.7 Å². The second-order valence-electron chi connectivity index (χ2n) is 3.13. The van der Waals surface area contributed by atoms with Crippen LogP contribution in [0.3, 0.4) is 0 Å². The Morgan fingerprint density at radius 2 is 2.15 bits per heavy atom. The van der Waals surface area contributed by atoms with Crippen LogP contribution < -0.4 is 5.32 Å². The van der Waals surface area contributed by atoms with Gasteiger partial charge in [-0.05, 0) is 13.3 Å². The Morgan fingerprint density at radius 3 is 2.69 bits per heavy atom. The first kappa shape index (κ1) is 12.2. The van der Waals surface area contributed by atoms with Gasteiger partial charge in [-0.3, -0.25) is 4.79 Å². The molecule has 0 aliphatic heterocycles. The molecule has 3 nitrogen and oxygen atoms in total. The molecule has 0 saturated carbocycles. The predicted molar refractivity (Wildman–Crippen MR) is 53.6 cm³/mol. The number of ether oxygens (including phenoxy) is 1. The van der Waals surface area contributed by atoms with Crippen LogP contribution in [-0.4, -0.2) is 25.7 Å². The Kier molecular flexibility index (Phi) is 7.30. The average Bonchev–Trinajstić information content (AvgIpc) is 2.04. The lowest BCUT2D eigenvalue weighted by molar-refractivity contribution is -0.142. The Morgan fingerprint density at radius 1 is 1.46 bits per heavy atom. The van der Waals surface area contributed by atoms with Gasteiger partial charge >= 0.3 is 5.97 Å². The van der Waals surface area contributed by atoms with Gasteiger partial charge in [-0.1, -0.05) is 25.5 Å². The number of nitrogens with one attached hydrogen (secondary N) is 1. The lowest BCUT2D eigenvalue weighted by Crippen LogP contribution is -2.26. The zero-order valence-electron chi connectivity index (χ0n) is 8.56. The summed E-state index contributed by atoms with van der Waals surface area (Å²) in [5.74, 6) is -0.185. The normalized spacial score (nSPS) is 9.69. The molecule has 0 saturated heterocycles. The molecule has 0 fully saturated rings. The van der Waals surface area contributed by atoms with Crippen molar-refractivity contribution in [2.24, 2.45) is 0 Å². The molecule has 0 rings (SSSR count). The minimum atomic E-state index is -0.185. The van der Waals surface area contributed by atoms with Crippen molar-refractivity contribution in [3.8, 4) is 0 Å². The van der Waals surface area contributed by atoms with Crippen LogP contribution in [0.5, 0.6) is 0 Å². The van der Waals surface area contributed by atoms with Gasteiger partial charge < -0.3 is 10.1 Å². The maximum atomic E-state index is 11.0. The summed E-state index contributed by atoms with van der Waals surface area (Å²) in [5.41, 5.74) is 1.02. The van der Waals surface area contributed by atoms with Crippen molar-refractivity contribution in [1.29, 1.82) is 0 Å². The molecule has 3 heteroatoms. The van der Waals surface area contributed by atoms with E-state index in [0.717, 1.165) is 18.4 Å². The van der Waals surface area contributed by atoms with Crippen LogP contribution in [0, 0.1) is 0 Å². The van der Waals surface area contributed by atoms with Gasteiger partial charge in [-0.2, -0.15) is 0 Å². The molecule has 0 aromatic rings. The van der Waals surface area contributed by atoms with Crippen LogP contribution in [0.4, 0.5) is 0 Å². The summed E-state index contributed by atoms with van der Waals surface area (Å²) in [6, 6.07) is 0. The van der Waals surface area contributed by atoms with Gasteiger partial charge in [0, 0.05) is 6.54 Å². The van der Waals surface area contributed by atoms with Crippen molar-refractivity contribution < 1.29 is 9.53 Å². The number of hydrogen-bond acceptors (Lipinski definition) is 3. The molecular formula is C10H19NO2. The Bertz CT molecular complexity index is 166. The van der Waals surface area contributed by atoms with Crippen LogP contribution >= 0.6 is 0 Å². The van der Waals surface area contributed by atoms with Crippen molar-refractivity contribution >= 4 is 5.97 Å². The molecule has 0 unspecified atom stereocenters. The molecule has 0 heterocycles. The summed E-state index contributed by atoms with van der Waals surface area (Å²) in [6.45, 7) is 9.16. The fourth-order valence-electron chi connectivity index (χ4n) is 0.759. The number of hydrogen-bond donors (Lipinski definition) is 1. The molecule has 0 bridgehead atoms. The van der Waals surface area contributed by atoms with Gasteiger partial charge in [-0.15, -0.1) is 0 Å². The first-order chi connectivity index (χ1) is 6.16. The summed E-state index contributed by atoms with van der Waals surface area (Å²) >= 11 is 0. The highest BCUT2D eigenvalue weighted by molar-refractivity contribution is 5.71. The van der Waals surface area contributed by atoms with E-state index in [0.29, 0.717) is 13.2 Å². The minimum Gasteiger partial charge on any atom is -0.465 e. The third-order valence-corrected chi connectivity index (χ3v) is 1.46. The monoisotopic (exact) mass is 185 g/mol. The zero-order valence-corrected chi connectivity index (χ0v) is 8.56. The van der Waals surface area contributed by atoms with E-state index >= 15 is 0 Å². The van der Waals surface area contributed by atoms with Crippen molar-refractivity contribution in [2.75, 3.05) is 19.7 Å². The van der Waals surface area contributed by atoms with E-state index in [-0.39, 0.29) is 12.5 Å². The van der Waals surface area contributed by atoms with Gasteiger partial charge in [0.05, 0.1) is 13.2 Å². The molecule has 13 heavy (non-hydrogen) atoms. The third kappa shape index (κ3) is 9.08. The first-order valence-electron chi connectivity index (χ1n) is 4.67. The number of esters is 1. The highest BCUT2D eigenvalue weighted by Gasteiger charge is 2.00. The molecule has 0 radical (unpaired) electrons. The van der Waals surface area contributed by atoms with Gasteiger partial charge in [0.2, 0.25) is 0 Å². The molecule has 0 aliphatic carbocycles. The van der Waals surface area contributed by atoms with Gasteiger partial charge in [0.25, 0.3) is 0 Å². The number of carbonyl (C=O) groups excluding carboxylic acids is 1. The fourth-order valence-corrected chi connectivity index (χ4v) is 0.759. The summed E-state index contributed by atoms with van der Waals surface area (Å²) < 4.78 is 4.93. The minimum absolute atomic E-state index is 0.185. The van der Waals surface area contributed by atoms with Crippen LogP contribution in [0.25, 0.3) is 0 Å². The third-order valence-electron chi connectivity index (χ3n) is 1.46. The Labute approximate surface area is 80.2 Å². The van der Waals surface area contributed by atoms with E-state index in [9.17, 15) is 4.79 Å². The molecule has 0 amide bonds. The second kappa shape index (κ2) is 7.80. The number of carbonyl (C=O) groups is 1. The molecule has 0 aromatic carbocycles. The molecular weight excluding hydrogens is 166 g/mol. The molecule has 1 N–H and O–H groups in total. The molecule has 0 aliphatic rings. The lowest BCUT2D eigenvalue weighted by atomic mass is 10.3. The average molecular weight is 185 g/mol. The smallest absolute Gasteiger partial charge is 0.319 e. The molecule has 76 valence electrons. The highest BCUT2D eigenvalue weighted by atomic mass is 16.5. The maximum Gasteiger partial charge on any atom is 0.319 e. The van der Waals surface area contributed by atoms with Gasteiger partial charge in [-0.25, -0.2) is 0 Å². The Hall–Kier alpha value is -0.830. The SMILES string of the molecule is C=C(C)CNCC(=O)OCCCC. The molecule has 0 aromatic heterocycles. The lowest BCUT2D eigenvalue weighted by Gasteiger charge is -2.04. The zero-order chi connectivity index (χ0) is 10.1. The quantitative estimate of drug-likeness (QED) is 0.371. The van der Waals surface area contributed by atoms with Crippen molar-refractivity contribution in [3.05, 3.63) is 12.2 Å². The van der Waals surface area contributed by atoms with Crippen LogP contribution in [0.2, 0.25) is 0 Å². The van der Waals surface area contributed by atoms with Crippen LogP contribution in [0.1, 0.15) is 26.7 Å². The number of unbranched alkanes of at least 4 members (excludes halogenated alkanes) is 1. The summed E-state index contributed by atoms with van der Waals surface area (Å²) in [5, 5.41) is 2.94. The fraction of sp³-hybridized carbons (Fsp3) is 0.700. The Balaban J connectivity index is 3.25. The maximum absolute atomic E-state index is 11.0. The topological polar surface area (TPSA) is 38.3 Å². The van der Waals surface area contributed by atoms with E-state index in [1.54, 1.807) is 0 Å².